The molecule has 0 aliphatic rings. The number of hydrogen-bond donors (Lipinski definition) is 1. The van der Waals surface area contributed by atoms with E-state index in [1.165, 1.54) is 6.92 Å². The topological polar surface area (TPSA) is 49.8 Å². The van der Waals surface area contributed by atoms with Gasteiger partial charge in [0.2, 0.25) is 5.91 Å². The van der Waals surface area contributed by atoms with Crippen LogP contribution in [0.25, 0.3) is 0 Å². The molecule has 0 aliphatic carbocycles. The molecule has 0 bridgehead atoms. The van der Waals surface area contributed by atoms with Crippen LogP contribution in [0.1, 0.15) is 35.2 Å². The smallest absolute Gasteiger partial charge is 0.219 e. The van der Waals surface area contributed by atoms with Crippen molar-refractivity contribution < 1.29 is 14.6 Å². The molecule has 1 N–H and O–H groups in total. The van der Waals surface area contributed by atoms with Crippen molar-refractivity contribution in [2.24, 2.45) is 0 Å². The van der Waals surface area contributed by atoms with Crippen molar-refractivity contribution in [1.82, 2.24) is 4.90 Å². The Morgan fingerprint density at radius 3 is 2.37 bits per heavy atom. The first-order valence-electron chi connectivity index (χ1n) is 6.34. The van der Waals surface area contributed by atoms with E-state index in [2.05, 4.69) is 0 Å². The Balaban J connectivity index is 3.37. The molecule has 0 radical (unpaired) electrons. The molecule has 106 valence electrons. The fourth-order valence-electron chi connectivity index (χ4n) is 2.40. The summed E-state index contributed by atoms with van der Waals surface area (Å²) in [5.41, 5.74) is 4.08. The van der Waals surface area contributed by atoms with Crippen molar-refractivity contribution in [1.29, 1.82) is 0 Å². The Bertz CT molecular complexity index is 483. The van der Waals surface area contributed by atoms with E-state index in [0.717, 1.165) is 28.0 Å². The van der Waals surface area contributed by atoms with Gasteiger partial charge in [-0.2, -0.15) is 0 Å². The number of nitrogens with zero attached hydrogens (tertiary/aromatic N) is 1. The van der Waals surface area contributed by atoms with Crippen LogP contribution in [0.5, 0.6) is 5.75 Å². The molecular weight excluding hydrogens is 242 g/mol. The Morgan fingerprint density at radius 2 is 1.95 bits per heavy atom. The average Bonchev–Trinajstić information content (AvgIpc) is 2.36. The maximum atomic E-state index is 11.5. The average molecular weight is 265 g/mol. The molecule has 1 atom stereocenters. The van der Waals surface area contributed by atoms with Crippen LogP contribution in [-0.2, 0) is 4.79 Å². The van der Waals surface area contributed by atoms with Crippen molar-refractivity contribution in [2.75, 3.05) is 20.8 Å². The molecule has 4 nitrogen and oxygen atoms in total. The van der Waals surface area contributed by atoms with Crippen LogP contribution in [0.3, 0.4) is 0 Å². The number of hydrogen-bond acceptors (Lipinski definition) is 3. The summed E-state index contributed by atoms with van der Waals surface area (Å²) in [6.07, 6.45) is 0. The van der Waals surface area contributed by atoms with Crippen LogP contribution >= 0.6 is 0 Å². The number of carbonyl (C=O) groups is 1. The third-order valence-electron chi connectivity index (χ3n) is 3.77. The lowest BCUT2D eigenvalue weighted by Crippen LogP contribution is -2.32. The summed E-state index contributed by atoms with van der Waals surface area (Å²) in [6.45, 7) is 7.36. The zero-order valence-electron chi connectivity index (χ0n) is 12.6. The van der Waals surface area contributed by atoms with Gasteiger partial charge in [-0.1, -0.05) is 0 Å². The van der Waals surface area contributed by atoms with Crippen LogP contribution in [0, 0.1) is 20.8 Å². The number of amides is 1. The van der Waals surface area contributed by atoms with Gasteiger partial charge < -0.3 is 14.7 Å². The lowest BCUT2D eigenvalue weighted by Gasteiger charge is -2.28. The van der Waals surface area contributed by atoms with Gasteiger partial charge in [0.15, 0.2) is 0 Å². The van der Waals surface area contributed by atoms with E-state index in [-0.39, 0.29) is 18.6 Å². The molecule has 1 rings (SSSR count). The molecule has 1 unspecified atom stereocenters. The van der Waals surface area contributed by atoms with Gasteiger partial charge in [0.25, 0.3) is 0 Å². The highest BCUT2D eigenvalue weighted by molar-refractivity contribution is 5.73. The van der Waals surface area contributed by atoms with Crippen LogP contribution in [0.15, 0.2) is 6.07 Å². The standard InChI is InChI=1S/C15H23NO3/c1-9-7-13(10(2)11(3)15(9)19-6)14(8-17)16(5)12(4)18/h7,14,17H,8H2,1-6H3. The number of rotatable bonds is 4. The molecule has 0 aromatic heterocycles. The lowest BCUT2D eigenvalue weighted by molar-refractivity contribution is -0.130. The highest BCUT2D eigenvalue weighted by Gasteiger charge is 2.22. The van der Waals surface area contributed by atoms with Gasteiger partial charge in [0.1, 0.15) is 5.75 Å². The Hall–Kier alpha value is -1.55. The first-order chi connectivity index (χ1) is 8.84. The summed E-state index contributed by atoms with van der Waals surface area (Å²) in [5.74, 6) is 0.799. The fourth-order valence-corrected chi connectivity index (χ4v) is 2.40. The van der Waals surface area contributed by atoms with Gasteiger partial charge in [-0.25, -0.2) is 0 Å². The van der Waals surface area contributed by atoms with Crippen molar-refractivity contribution >= 4 is 5.91 Å². The summed E-state index contributed by atoms with van der Waals surface area (Å²) in [7, 11) is 3.36. The van der Waals surface area contributed by atoms with Crippen molar-refractivity contribution in [3.05, 3.63) is 28.3 Å². The first-order valence-corrected chi connectivity index (χ1v) is 6.34. The van der Waals surface area contributed by atoms with E-state index >= 15 is 0 Å². The summed E-state index contributed by atoms with van der Waals surface area (Å²) < 4.78 is 5.39. The summed E-state index contributed by atoms with van der Waals surface area (Å²) in [5, 5.41) is 9.61. The maximum absolute atomic E-state index is 11.5. The molecule has 0 spiro atoms. The minimum absolute atomic E-state index is 0.0652. The number of aryl methyl sites for hydroxylation is 1. The zero-order chi connectivity index (χ0) is 14.7. The van der Waals surface area contributed by atoms with Gasteiger partial charge in [-0.05, 0) is 49.1 Å². The SMILES string of the molecule is COc1c(C)cc(C(CO)N(C)C(C)=O)c(C)c1C. The molecule has 0 heterocycles. The third kappa shape index (κ3) is 2.89. The monoisotopic (exact) mass is 265 g/mol. The Morgan fingerprint density at radius 1 is 1.37 bits per heavy atom. The number of aliphatic hydroxyl groups excluding tert-OH is 1. The van der Waals surface area contributed by atoms with E-state index < -0.39 is 0 Å². The number of carbonyl (C=O) groups excluding carboxylic acids is 1. The Labute approximate surface area is 115 Å². The van der Waals surface area contributed by atoms with Crippen LogP contribution in [0.2, 0.25) is 0 Å². The summed E-state index contributed by atoms with van der Waals surface area (Å²) in [4.78, 5) is 13.1. The molecule has 0 saturated heterocycles. The molecule has 0 fully saturated rings. The molecule has 0 aliphatic heterocycles. The van der Waals surface area contributed by atoms with Crippen molar-refractivity contribution in [3.8, 4) is 5.75 Å². The van der Waals surface area contributed by atoms with E-state index in [1.807, 2.05) is 26.8 Å². The van der Waals surface area contributed by atoms with Crippen molar-refractivity contribution in [2.45, 2.75) is 33.7 Å². The molecule has 1 amide bonds. The van der Waals surface area contributed by atoms with E-state index in [9.17, 15) is 9.90 Å². The first kappa shape index (κ1) is 15.5. The predicted octanol–water partition coefficient (Wildman–Crippen LogP) is 2.13. The molecule has 4 heteroatoms. The zero-order valence-corrected chi connectivity index (χ0v) is 12.6. The second kappa shape index (κ2) is 6.06. The minimum Gasteiger partial charge on any atom is -0.496 e. The maximum Gasteiger partial charge on any atom is 0.219 e. The quantitative estimate of drug-likeness (QED) is 0.907. The second-order valence-corrected chi connectivity index (χ2v) is 4.89. The lowest BCUT2D eigenvalue weighted by atomic mass is 9.93. The number of aliphatic hydroxyl groups is 1. The number of ether oxygens (including phenoxy) is 1. The van der Waals surface area contributed by atoms with Gasteiger partial charge in [0.05, 0.1) is 19.8 Å². The van der Waals surface area contributed by atoms with Gasteiger partial charge in [0, 0.05) is 14.0 Å². The fraction of sp³-hybridized carbons (Fsp3) is 0.533. The number of likely N-dealkylation sites (N-methyl/N-ethyl adjacent to an activating group) is 1. The highest BCUT2D eigenvalue weighted by Crippen LogP contribution is 2.33. The normalized spacial score (nSPS) is 12.2. The van der Waals surface area contributed by atoms with E-state index in [1.54, 1.807) is 19.1 Å². The Kier molecular flexibility index (Phi) is 4.95. The molecule has 19 heavy (non-hydrogen) atoms. The summed E-state index contributed by atoms with van der Waals surface area (Å²) >= 11 is 0. The van der Waals surface area contributed by atoms with Crippen molar-refractivity contribution in [3.63, 3.8) is 0 Å². The molecule has 0 saturated carbocycles. The van der Waals surface area contributed by atoms with Crippen LogP contribution in [0.4, 0.5) is 0 Å². The van der Waals surface area contributed by atoms with E-state index in [0.29, 0.717) is 0 Å². The molecule has 1 aromatic rings. The van der Waals surface area contributed by atoms with Crippen LogP contribution in [-0.4, -0.2) is 36.7 Å². The second-order valence-electron chi connectivity index (χ2n) is 4.89. The highest BCUT2D eigenvalue weighted by atomic mass is 16.5. The molecular formula is C15H23NO3. The van der Waals surface area contributed by atoms with Gasteiger partial charge in [-0.15, -0.1) is 0 Å². The largest absolute Gasteiger partial charge is 0.496 e. The number of benzene rings is 1. The minimum atomic E-state index is -0.319. The van der Waals surface area contributed by atoms with E-state index in [4.69, 9.17) is 4.74 Å². The predicted molar refractivity (Wildman–Crippen MR) is 75.5 cm³/mol. The summed E-state index contributed by atoms with van der Waals surface area (Å²) in [6, 6.07) is 1.67. The van der Waals surface area contributed by atoms with Crippen LogP contribution < -0.4 is 4.74 Å². The third-order valence-corrected chi connectivity index (χ3v) is 3.77. The van der Waals surface area contributed by atoms with Gasteiger partial charge >= 0.3 is 0 Å². The van der Waals surface area contributed by atoms with Gasteiger partial charge in [-0.3, -0.25) is 4.79 Å². The molecule has 1 aromatic carbocycles. The number of methoxy groups -OCH3 is 1.